The lowest BCUT2D eigenvalue weighted by Gasteiger charge is -2.31. The van der Waals surface area contributed by atoms with Crippen molar-refractivity contribution in [2.75, 3.05) is 16.6 Å². The van der Waals surface area contributed by atoms with Gasteiger partial charge in [-0.1, -0.05) is 17.7 Å². The Bertz CT molecular complexity index is 1320. The zero-order valence-corrected chi connectivity index (χ0v) is 21.1. The summed E-state index contributed by atoms with van der Waals surface area (Å²) in [7, 11) is -3.50. The highest BCUT2D eigenvalue weighted by Crippen LogP contribution is 2.33. The van der Waals surface area contributed by atoms with Crippen molar-refractivity contribution in [1.82, 2.24) is 19.9 Å². The average Bonchev–Trinajstić information content (AvgIpc) is 3.67. The molecule has 1 aliphatic rings. The van der Waals surface area contributed by atoms with Gasteiger partial charge in [-0.3, -0.25) is 9.71 Å². The summed E-state index contributed by atoms with van der Waals surface area (Å²) in [6, 6.07) is 6.90. The van der Waals surface area contributed by atoms with Gasteiger partial charge in [0.2, 0.25) is 21.9 Å². The molecule has 1 unspecified atom stereocenters. The lowest BCUT2D eigenvalue weighted by Crippen LogP contribution is -2.40. The molecule has 3 aromatic rings. The minimum absolute atomic E-state index is 0.0209. The van der Waals surface area contributed by atoms with Gasteiger partial charge < -0.3 is 15.2 Å². The molecule has 2 heterocycles. The first-order valence-corrected chi connectivity index (χ1v) is 13.1. The van der Waals surface area contributed by atoms with Crippen LogP contribution in [0.3, 0.4) is 0 Å². The van der Waals surface area contributed by atoms with E-state index in [1.807, 2.05) is 13.0 Å². The summed E-state index contributed by atoms with van der Waals surface area (Å²) < 4.78 is 32.3. The monoisotopic (exact) mass is 518 g/mol. The van der Waals surface area contributed by atoms with E-state index >= 15 is 0 Å². The molecular formula is C23H27ClN6O4S. The molecule has 10 nitrogen and oxygen atoms in total. The minimum Gasteiger partial charge on any atom is -0.477 e. The Labute approximate surface area is 209 Å². The summed E-state index contributed by atoms with van der Waals surface area (Å²) in [5, 5.41) is 14.0. The number of ether oxygens (including phenoxy) is 1. The lowest BCUT2D eigenvalue weighted by molar-refractivity contribution is 0.124. The van der Waals surface area contributed by atoms with E-state index in [1.54, 1.807) is 44.4 Å². The smallest absolute Gasteiger partial charge is 0.237 e. The van der Waals surface area contributed by atoms with E-state index in [-0.39, 0.29) is 5.95 Å². The van der Waals surface area contributed by atoms with Crippen LogP contribution in [0.5, 0.6) is 5.88 Å². The van der Waals surface area contributed by atoms with Gasteiger partial charge in [0, 0.05) is 11.8 Å². The Morgan fingerprint density at radius 3 is 2.69 bits per heavy atom. The Hall–Kier alpha value is -3.02. The fourth-order valence-corrected chi connectivity index (χ4v) is 4.83. The predicted molar refractivity (Wildman–Crippen MR) is 134 cm³/mol. The normalized spacial score (nSPS) is 14.9. The highest BCUT2D eigenvalue weighted by Gasteiger charge is 2.37. The molecule has 4 rings (SSSR count). The standard InChI is InChI=1S/C23H27ClN6O4S/c1-4-34-20-13-25-12-18(27-20)14-5-8-17(16(24)11-14)28-21(31)23(2,3)19-9-10-26-22(29-19)30-35(32,33)15-6-7-15/h5,8-13,15,21,28,31H,4,6-7H2,1-3H3,(H,26,29,30). The molecule has 186 valence electrons. The number of sulfonamides is 1. The number of nitrogens with one attached hydrogen (secondary N) is 2. The molecule has 0 saturated heterocycles. The first-order valence-electron chi connectivity index (χ1n) is 11.1. The molecule has 0 aliphatic heterocycles. The quantitative estimate of drug-likeness (QED) is 0.343. The van der Waals surface area contributed by atoms with Crippen molar-refractivity contribution in [3.63, 3.8) is 0 Å². The van der Waals surface area contributed by atoms with Gasteiger partial charge in [0.05, 0.1) is 51.8 Å². The lowest BCUT2D eigenvalue weighted by atomic mass is 9.86. The number of nitrogens with zero attached hydrogens (tertiary/aromatic N) is 4. The molecule has 1 aromatic carbocycles. The summed E-state index contributed by atoms with van der Waals surface area (Å²) >= 11 is 6.50. The third-order valence-electron chi connectivity index (χ3n) is 5.66. The van der Waals surface area contributed by atoms with E-state index in [9.17, 15) is 13.5 Å². The number of benzene rings is 1. The second-order valence-corrected chi connectivity index (χ2v) is 11.1. The number of aromatic nitrogens is 4. The van der Waals surface area contributed by atoms with Gasteiger partial charge in [-0.2, -0.15) is 0 Å². The number of aliphatic hydroxyl groups is 1. The molecular weight excluding hydrogens is 492 g/mol. The maximum Gasteiger partial charge on any atom is 0.237 e. The van der Waals surface area contributed by atoms with Gasteiger partial charge in [-0.05, 0) is 51.8 Å². The molecule has 35 heavy (non-hydrogen) atoms. The summed E-state index contributed by atoms with van der Waals surface area (Å²) in [5.41, 5.74) is 1.40. The van der Waals surface area contributed by atoms with Crippen LogP contribution in [-0.2, 0) is 15.4 Å². The van der Waals surface area contributed by atoms with Gasteiger partial charge >= 0.3 is 0 Å². The Kier molecular flexibility index (Phi) is 7.11. The number of anilines is 2. The number of hydrogen-bond donors (Lipinski definition) is 3. The second kappa shape index (κ2) is 9.92. The van der Waals surface area contributed by atoms with Crippen molar-refractivity contribution in [1.29, 1.82) is 0 Å². The van der Waals surface area contributed by atoms with E-state index in [0.717, 1.165) is 5.56 Å². The Balaban J connectivity index is 1.50. The van der Waals surface area contributed by atoms with E-state index in [0.29, 0.717) is 47.4 Å². The van der Waals surface area contributed by atoms with Crippen molar-refractivity contribution in [3.05, 3.63) is 53.6 Å². The SMILES string of the molecule is CCOc1cncc(-c2ccc(NC(O)C(C)(C)c3ccnc(NS(=O)(=O)C4CC4)n3)c(Cl)c2)n1. The fraction of sp³-hybridized carbons (Fsp3) is 0.391. The van der Waals surface area contributed by atoms with Crippen LogP contribution in [0, 0.1) is 0 Å². The van der Waals surface area contributed by atoms with Crippen molar-refractivity contribution in [2.45, 2.75) is 50.5 Å². The molecule has 0 spiro atoms. The van der Waals surface area contributed by atoms with Crippen LogP contribution < -0.4 is 14.8 Å². The summed E-state index contributed by atoms with van der Waals surface area (Å²) in [6.45, 7) is 5.91. The van der Waals surface area contributed by atoms with Crippen LogP contribution in [0.25, 0.3) is 11.3 Å². The molecule has 0 amide bonds. The molecule has 3 N–H and O–H groups in total. The third-order valence-corrected chi connectivity index (χ3v) is 7.79. The van der Waals surface area contributed by atoms with Gasteiger partial charge in [0.15, 0.2) is 0 Å². The number of hydrogen-bond acceptors (Lipinski definition) is 9. The highest BCUT2D eigenvalue weighted by atomic mass is 35.5. The first kappa shape index (κ1) is 25.1. The van der Waals surface area contributed by atoms with E-state index in [4.69, 9.17) is 16.3 Å². The largest absolute Gasteiger partial charge is 0.477 e. The van der Waals surface area contributed by atoms with E-state index in [2.05, 4.69) is 30.0 Å². The van der Waals surface area contributed by atoms with Crippen molar-refractivity contribution < 1.29 is 18.3 Å². The molecule has 1 atom stereocenters. The van der Waals surface area contributed by atoms with Gasteiger partial charge in [-0.25, -0.2) is 23.4 Å². The van der Waals surface area contributed by atoms with Crippen molar-refractivity contribution >= 4 is 33.3 Å². The van der Waals surface area contributed by atoms with Gasteiger partial charge in [0.1, 0.15) is 6.23 Å². The minimum atomic E-state index is -3.50. The Morgan fingerprint density at radius 1 is 1.23 bits per heavy atom. The molecule has 1 saturated carbocycles. The van der Waals surface area contributed by atoms with E-state index < -0.39 is 26.9 Å². The molecule has 1 fully saturated rings. The summed E-state index contributed by atoms with van der Waals surface area (Å²) in [4.78, 5) is 16.9. The maximum atomic E-state index is 12.2. The third kappa shape index (κ3) is 5.80. The van der Waals surface area contributed by atoms with Gasteiger partial charge in [-0.15, -0.1) is 0 Å². The number of halogens is 1. The van der Waals surface area contributed by atoms with Crippen LogP contribution >= 0.6 is 11.6 Å². The summed E-state index contributed by atoms with van der Waals surface area (Å²) in [5.74, 6) is 0.400. The zero-order chi connectivity index (χ0) is 25.2. The number of rotatable bonds is 10. The summed E-state index contributed by atoms with van der Waals surface area (Å²) in [6.07, 6.45) is 4.78. The maximum absolute atomic E-state index is 12.2. The number of aliphatic hydroxyl groups excluding tert-OH is 1. The fourth-order valence-electron chi connectivity index (χ4n) is 3.32. The van der Waals surface area contributed by atoms with Crippen LogP contribution in [0.4, 0.5) is 11.6 Å². The second-order valence-electron chi connectivity index (χ2n) is 8.75. The van der Waals surface area contributed by atoms with Crippen LogP contribution in [-0.4, -0.2) is 51.5 Å². The Morgan fingerprint density at radius 2 is 2.00 bits per heavy atom. The van der Waals surface area contributed by atoms with Crippen LogP contribution in [0.2, 0.25) is 5.02 Å². The molecule has 2 aromatic heterocycles. The topological polar surface area (TPSA) is 139 Å². The molecule has 12 heteroatoms. The average molecular weight is 519 g/mol. The molecule has 0 radical (unpaired) electrons. The molecule has 1 aliphatic carbocycles. The zero-order valence-electron chi connectivity index (χ0n) is 19.6. The van der Waals surface area contributed by atoms with Crippen molar-refractivity contribution in [3.8, 4) is 17.1 Å². The highest BCUT2D eigenvalue weighted by molar-refractivity contribution is 7.93. The molecule has 0 bridgehead atoms. The predicted octanol–water partition coefficient (Wildman–Crippen LogP) is 3.60. The van der Waals surface area contributed by atoms with Gasteiger partial charge in [0.25, 0.3) is 0 Å². The van der Waals surface area contributed by atoms with E-state index in [1.165, 1.54) is 6.20 Å². The van der Waals surface area contributed by atoms with Crippen molar-refractivity contribution in [2.24, 2.45) is 0 Å². The first-order chi connectivity index (χ1) is 16.6. The van der Waals surface area contributed by atoms with Crippen LogP contribution in [0.1, 0.15) is 39.3 Å². The van der Waals surface area contributed by atoms with Crippen LogP contribution in [0.15, 0.2) is 42.9 Å².